The van der Waals surface area contributed by atoms with Gasteiger partial charge in [-0.05, 0) is 105 Å². The Balaban J connectivity index is 0.000000173. The van der Waals surface area contributed by atoms with Crippen LogP contribution in [0.15, 0.2) is 53.8 Å². The molecule has 0 radical (unpaired) electrons. The van der Waals surface area contributed by atoms with Crippen molar-refractivity contribution in [1.82, 2.24) is 35.1 Å². The fourth-order valence-electron chi connectivity index (χ4n) is 6.42. The second kappa shape index (κ2) is 16.7. The van der Waals surface area contributed by atoms with Crippen molar-refractivity contribution in [3.63, 3.8) is 0 Å². The van der Waals surface area contributed by atoms with E-state index in [9.17, 15) is 19.5 Å². The molecule has 268 valence electrons. The molecule has 0 unspecified atom stereocenters. The number of hydrazine groups is 1. The number of nitrogens with zero attached hydrogens (tertiary/aromatic N) is 5. The topological polar surface area (TPSA) is 143 Å². The van der Waals surface area contributed by atoms with Gasteiger partial charge in [0.15, 0.2) is 0 Å². The molecule has 7 rings (SSSR count). The zero-order valence-corrected chi connectivity index (χ0v) is 31.1. The van der Waals surface area contributed by atoms with Crippen LogP contribution >= 0.6 is 34.8 Å². The number of carbonyl (C=O) groups excluding carboxylic acids is 2. The van der Waals surface area contributed by atoms with E-state index in [1.165, 1.54) is 12.8 Å². The number of hydrogen-bond donors (Lipinski definition) is 4. The van der Waals surface area contributed by atoms with Gasteiger partial charge in [-0.25, -0.2) is 14.2 Å². The molecule has 3 aromatic heterocycles. The van der Waals surface area contributed by atoms with Crippen molar-refractivity contribution < 1.29 is 19.4 Å². The molecule has 2 aromatic carbocycles. The summed E-state index contributed by atoms with van der Waals surface area (Å²) in [5, 5.41) is 18.2. The van der Waals surface area contributed by atoms with Crippen molar-refractivity contribution >= 4 is 51.6 Å². The smallest absolute Gasteiger partial charge is 0.278 e. The van der Waals surface area contributed by atoms with Gasteiger partial charge in [0.1, 0.15) is 22.1 Å². The lowest BCUT2D eigenvalue weighted by atomic mass is 9.96. The van der Waals surface area contributed by atoms with E-state index in [2.05, 4.69) is 21.0 Å². The highest BCUT2D eigenvalue weighted by molar-refractivity contribution is 6.75. The van der Waals surface area contributed by atoms with E-state index in [4.69, 9.17) is 34.8 Å². The number of hydrogen-bond acceptors (Lipinski definition) is 7. The molecule has 15 heteroatoms. The fourth-order valence-corrected chi connectivity index (χ4v) is 6.84. The molecule has 2 aliphatic rings. The SMILES string of the molecule is C1CCNNC1.Cc1cc(-[n+]2cc(Cl)c[nH]2)cc(C)c1C(=C=O)C(=O)Cl.Cc1cc(-n2cc(Cl)cn2)cc(C)c1-c1c(O)n2n(c1=O)CCCC2. The number of aromatic nitrogens is 6. The predicted octanol–water partition coefficient (Wildman–Crippen LogP) is 5.69. The van der Waals surface area contributed by atoms with Crippen molar-refractivity contribution in [2.24, 2.45) is 0 Å². The van der Waals surface area contributed by atoms with Crippen LogP contribution in [0.1, 0.15) is 53.5 Å². The van der Waals surface area contributed by atoms with E-state index in [-0.39, 0.29) is 17.0 Å². The molecule has 51 heavy (non-hydrogen) atoms. The number of H-pyrrole nitrogens is 1. The molecule has 1 saturated heterocycles. The number of carbonyl (C=O) groups is 1. The number of fused-ring (bicyclic) bond motifs is 1. The first kappa shape index (κ1) is 37.8. The summed E-state index contributed by atoms with van der Waals surface area (Å²) in [4.78, 5) is 35.0. The van der Waals surface area contributed by atoms with E-state index in [0.29, 0.717) is 34.3 Å². The zero-order valence-electron chi connectivity index (χ0n) is 28.8. The van der Waals surface area contributed by atoms with Gasteiger partial charge in [-0.3, -0.25) is 25.1 Å². The Labute approximate surface area is 310 Å². The highest BCUT2D eigenvalue weighted by atomic mass is 35.5. The lowest BCUT2D eigenvalue weighted by Crippen LogP contribution is -2.37. The van der Waals surface area contributed by atoms with E-state index in [1.54, 1.807) is 63.3 Å². The number of nitrogens with one attached hydrogen (secondary N) is 3. The van der Waals surface area contributed by atoms with E-state index in [0.717, 1.165) is 65.1 Å². The summed E-state index contributed by atoms with van der Waals surface area (Å²) >= 11 is 17.2. The number of aromatic amines is 1. The Bertz CT molecular complexity index is 2110. The van der Waals surface area contributed by atoms with Crippen molar-refractivity contribution in [3.05, 3.63) is 97.3 Å². The Morgan fingerprint density at radius 1 is 0.882 bits per heavy atom. The van der Waals surface area contributed by atoms with Crippen LogP contribution in [0, 0.1) is 27.7 Å². The van der Waals surface area contributed by atoms with Crippen LogP contribution in [-0.4, -0.2) is 53.6 Å². The minimum absolute atomic E-state index is 0.0609. The van der Waals surface area contributed by atoms with Gasteiger partial charge >= 0.3 is 0 Å². The second-order valence-electron chi connectivity index (χ2n) is 12.4. The molecule has 0 bridgehead atoms. The van der Waals surface area contributed by atoms with Crippen LogP contribution in [0.3, 0.4) is 0 Å². The molecule has 0 saturated carbocycles. The Morgan fingerprint density at radius 3 is 1.94 bits per heavy atom. The number of halogens is 3. The second-order valence-corrected chi connectivity index (χ2v) is 13.7. The van der Waals surface area contributed by atoms with Crippen molar-refractivity contribution in [2.75, 3.05) is 13.1 Å². The normalized spacial score (nSPS) is 13.6. The number of aromatic hydroxyl groups is 1. The Morgan fingerprint density at radius 2 is 1.49 bits per heavy atom. The van der Waals surface area contributed by atoms with E-state index < -0.39 is 5.24 Å². The van der Waals surface area contributed by atoms with Crippen LogP contribution in [0.25, 0.3) is 28.1 Å². The average molecular weight is 755 g/mol. The number of benzene rings is 2. The monoisotopic (exact) mass is 753 g/mol. The van der Waals surface area contributed by atoms with Crippen LogP contribution in [-0.2, 0) is 22.7 Å². The molecule has 0 aliphatic carbocycles. The minimum atomic E-state index is -0.811. The van der Waals surface area contributed by atoms with Crippen LogP contribution in [0.2, 0.25) is 10.0 Å². The molecule has 0 amide bonds. The van der Waals surface area contributed by atoms with Crippen LogP contribution in [0.4, 0.5) is 0 Å². The summed E-state index contributed by atoms with van der Waals surface area (Å²) in [6, 6.07) is 7.55. The van der Waals surface area contributed by atoms with Gasteiger partial charge in [0.25, 0.3) is 10.8 Å². The number of rotatable bonds is 5. The van der Waals surface area contributed by atoms with Gasteiger partial charge in [0.05, 0.1) is 23.1 Å². The van der Waals surface area contributed by atoms with Gasteiger partial charge in [-0.2, -0.15) is 10.2 Å². The van der Waals surface area contributed by atoms with Crippen molar-refractivity contribution in [2.45, 2.75) is 66.5 Å². The lowest BCUT2D eigenvalue weighted by molar-refractivity contribution is -0.655. The summed E-state index contributed by atoms with van der Waals surface area (Å²) in [6.07, 6.45) is 11.3. The summed E-state index contributed by atoms with van der Waals surface area (Å²) in [7, 11) is 0. The molecular formula is C36H40Cl3N8O4+. The number of allylic oxidation sites excluding steroid dienone is 1. The first-order valence-corrected chi connectivity index (χ1v) is 17.7. The lowest BCUT2D eigenvalue weighted by Gasteiger charge is -2.17. The Hall–Kier alpha value is -4.42. The predicted molar refractivity (Wildman–Crippen MR) is 199 cm³/mol. The number of aryl methyl sites for hydroxylation is 4. The quantitative estimate of drug-likeness (QED) is 0.0782. The van der Waals surface area contributed by atoms with E-state index in [1.807, 2.05) is 38.1 Å². The molecular weight excluding hydrogens is 715 g/mol. The maximum atomic E-state index is 12.8. The average Bonchev–Trinajstić information content (AvgIpc) is 3.82. The van der Waals surface area contributed by atoms with Crippen molar-refractivity contribution in [3.8, 4) is 28.4 Å². The molecule has 0 spiro atoms. The van der Waals surface area contributed by atoms with Crippen LogP contribution < -0.4 is 21.1 Å². The molecule has 1 fully saturated rings. The fraction of sp³-hybridized carbons (Fsp3) is 0.333. The summed E-state index contributed by atoms with van der Waals surface area (Å²) < 4.78 is 6.78. The van der Waals surface area contributed by atoms with Gasteiger partial charge in [-0.15, -0.1) is 0 Å². The minimum Gasteiger partial charge on any atom is -0.493 e. The third-order valence-corrected chi connectivity index (χ3v) is 9.29. The maximum Gasteiger partial charge on any atom is 0.278 e. The maximum absolute atomic E-state index is 12.8. The molecule has 12 nitrogen and oxygen atoms in total. The first-order valence-electron chi connectivity index (χ1n) is 16.5. The zero-order chi connectivity index (χ0) is 36.8. The van der Waals surface area contributed by atoms with Gasteiger partial charge < -0.3 is 5.11 Å². The van der Waals surface area contributed by atoms with E-state index >= 15 is 0 Å². The standard InChI is InChI=1S/C18H19ClN4O2.C14H10Cl2N2O2.C4H10N2/c1-11-7-14(21-10-13(19)9-20-21)8-12(2)15(11)16-17(24)22-5-3-4-6-23(22)18(16)25;1-8-3-11(18-6-10(15)5-17-18)4-9(2)13(8)12(7-19)14(16)20;1-2-4-6-5-3-1/h7-10,24H,3-6H2,1-2H3;3-6H,1-2H3;5-6H,1-4H2/p+1. The molecule has 5 heterocycles. The van der Waals surface area contributed by atoms with Crippen LogP contribution in [0.5, 0.6) is 5.88 Å². The molecule has 2 aliphatic heterocycles. The highest BCUT2D eigenvalue weighted by Crippen LogP contribution is 2.34. The third kappa shape index (κ3) is 8.56. The van der Waals surface area contributed by atoms with Gasteiger partial charge in [0, 0.05) is 50.1 Å². The molecule has 0 atom stereocenters. The van der Waals surface area contributed by atoms with Gasteiger partial charge in [0.2, 0.25) is 17.8 Å². The summed E-state index contributed by atoms with van der Waals surface area (Å²) in [5.41, 5.74) is 12.5. The largest absolute Gasteiger partial charge is 0.493 e. The first-order chi connectivity index (χ1) is 24.4. The highest BCUT2D eigenvalue weighted by Gasteiger charge is 2.25. The Kier molecular flexibility index (Phi) is 12.4. The van der Waals surface area contributed by atoms with Gasteiger partial charge in [-0.1, -0.05) is 27.9 Å². The third-order valence-electron chi connectivity index (χ3n) is 8.70. The molecule has 4 N–H and O–H groups in total. The summed E-state index contributed by atoms with van der Waals surface area (Å²) in [6.45, 7) is 11.1. The summed E-state index contributed by atoms with van der Waals surface area (Å²) in [5.74, 6) is 1.67. The van der Waals surface area contributed by atoms with Crippen molar-refractivity contribution in [1.29, 1.82) is 0 Å². The molecule has 5 aromatic rings.